The predicted octanol–water partition coefficient (Wildman–Crippen LogP) is 1.66. The number of halogens is 1. The standard InChI is InChI=1S/C17H17FN2O3S/c18-13-6-4-12(5-7-13)16(15-3-1-2-9-19-15)17(21)20-14-8-10-24(22,23)11-14/h1-7,9,14,16H,8,10-11H2,(H,20,21). The second kappa shape index (κ2) is 6.68. The fourth-order valence-electron chi connectivity index (χ4n) is 2.85. The SMILES string of the molecule is O=C(NC1CCS(=O)(=O)C1)C(c1ccc(F)cc1)c1ccccn1. The topological polar surface area (TPSA) is 76.1 Å². The van der Waals surface area contributed by atoms with E-state index in [9.17, 15) is 17.6 Å². The molecular weight excluding hydrogens is 331 g/mol. The Morgan fingerprint density at radius 1 is 1.21 bits per heavy atom. The largest absolute Gasteiger partial charge is 0.351 e. The molecule has 3 rings (SSSR count). The summed E-state index contributed by atoms with van der Waals surface area (Å²) in [6, 6.07) is 10.5. The van der Waals surface area contributed by atoms with Gasteiger partial charge in [-0.2, -0.15) is 0 Å². The summed E-state index contributed by atoms with van der Waals surface area (Å²) in [5, 5.41) is 2.79. The second-order valence-electron chi connectivity index (χ2n) is 5.85. The van der Waals surface area contributed by atoms with Gasteiger partial charge in [0.25, 0.3) is 0 Å². The average molecular weight is 348 g/mol. The highest BCUT2D eigenvalue weighted by Gasteiger charge is 2.32. The van der Waals surface area contributed by atoms with Gasteiger partial charge in [-0.05, 0) is 36.2 Å². The van der Waals surface area contributed by atoms with E-state index in [0.717, 1.165) is 0 Å². The lowest BCUT2D eigenvalue weighted by Gasteiger charge is -2.19. The number of hydrogen-bond donors (Lipinski definition) is 1. The molecule has 1 aromatic heterocycles. The van der Waals surface area contributed by atoms with E-state index in [4.69, 9.17) is 0 Å². The first-order valence-corrected chi connectivity index (χ1v) is 9.44. The van der Waals surface area contributed by atoms with Crippen molar-refractivity contribution < 1.29 is 17.6 Å². The number of carbonyl (C=O) groups excluding carboxylic acids is 1. The Kier molecular flexibility index (Phi) is 4.62. The zero-order chi connectivity index (χ0) is 17.2. The molecule has 24 heavy (non-hydrogen) atoms. The minimum atomic E-state index is -3.08. The molecular formula is C17H17FN2O3S. The molecule has 1 aliphatic heterocycles. The molecule has 126 valence electrons. The molecule has 2 unspecified atom stereocenters. The van der Waals surface area contributed by atoms with Crippen LogP contribution in [0.1, 0.15) is 23.6 Å². The molecule has 1 fully saturated rings. The van der Waals surface area contributed by atoms with Gasteiger partial charge in [0.2, 0.25) is 5.91 Å². The van der Waals surface area contributed by atoms with Crippen LogP contribution in [0.4, 0.5) is 4.39 Å². The minimum Gasteiger partial charge on any atom is -0.351 e. The lowest BCUT2D eigenvalue weighted by Crippen LogP contribution is -2.39. The summed E-state index contributed by atoms with van der Waals surface area (Å²) in [6.07, 6.45) is 1.99. The molecule has 7 heteroatoms. The van der Waals surface area contributed by atoms with E-state index in [1.807, 2.05) is 0 Å². The molecule has 1 aromatic carbocycles. The van der Waals surface area contributed by atoms with E-state index in [1.165, 1.54) is 12.1 Å². The molecule has 0 radical (unpaired) electrons. The van der Waals surface area contributed by atoms with Crippen molar-refractivity contribution in [3.05, 3.63) is 65.7 Å². The van der Waals surface area contributed by atoms with Gasteiger partial charge in [-0.15, -0.1) is 0 Å². The molecule has 1 saturated heterocycles. The van der Waals surface area contributed by atoms with Crippen molar-refractivity contribution in [3.63, 3.8) is 0 Å². The van der Waals surface area contributed by atoms with E-state index in [1.54, 1.807) is 36.5 Å². The van der Waals surface area contributed by atoms with Gasteiger partial charge in [0.15, 0.2) is 9.84 Å². The van der Waals surface area contributed by atoms with Crippen LogP contribution in [0.2, 0.25) is 0 Å². The summed E-state index contributed by atoms with van der Waals surface area (Å²) in [5.74, 6) is -1.39. The summed E-state index contributed by atoms with van der Waals surface area (Å²) in [4.78, 5) is 17.0. The molecule has 0 aliphatic carbocycles. The second-order valence-corrected chi connectivity index (χ2v) is 8.08. The summed E-state index contributed by atoms with van der Waals surface area (Å²) in [5.41, 5.74) is 1.14. The Balaban J connectivity index is 1.87. The number of carbonyl (C=O) groups is 1. The van der Waals surface area contributed by atoms with Crippen LogP contribution in [-0.2, 0) is 14.6 Å². The first-order valence-electron chi connectivity index (χ1n) is 7.62. The number of nitrogens with zero attached hydrogens (tertiary/aromatic N) is 1. The fraction of sp³-hybridized carbons (Fsp3) is 0.294. The predicted molar refractivity (Wildman–Crippen MR) is 87.7 cm³/mol. The zero-order valence-electron chi connectivity index (χ0n) is 12.9. The summed E-state index contributed by atoms with van der Waals surface area (Å²) in [7, 11) is -3.08. The number of sulfone groups is 1. The highest BCUT2D eigenvalue weighted by atomic mass is 32.2. The van der Waals surface area contributed by atoms with Crippen molar-refractivity contribution in [2.24, 2.45) is 0 Å². The minimum absolute atomic E-state index is 0.0445. The van der Waals surface area contributed by atoms with Crippen molar-refractivity contribution in [2.45, 2.75) is 18.4 Å². The van der Waals surface area contributed by atoms with Crippen LogP contribution in [0.3, 0.4) is 0 Å². The highest BCUT2D eigenvalue weighted by molar-refractivity contribution is 7.91. The van der Waals surface area contributed by atoms with Gasteiger partial charge in [0.1, 0.15) is 11.7 Å². The number of benzene rings is 1. The van der Waals surface area contributed by atoms with Gasteiger partial charge < -0.3 is 5.32 Å². The third kappa shape index (κ3) is 3.79. The third-order valence-corrected chi connectivity index (χ3v) is 5.80. The Hall–Kier alpha value is -2.28. The number of aromatic nitrogens is 1. The molecule has 2 atom stereocenters. The number of rotatable bonds is 4. The Morgan fingerprint density at radius 2 is 1.96 bits per heavy atom. The monoisotopic (exact) mass is 348 g/mol. The van der Waals surface area contributed by atoms with Crippen LogP contribution in [0.25, 0.3) is 0 Å². The molecule has 0 spiro atoms. The van der Waals surface area contributed by atoms with Crippen LogP contribution in [0, 0.1) is 5.82 Å². The summed E-state index contributed by atoms with van der Waals surface area (Å²) in [6.45, 7) is 0. The molecule has 2 heterocycles. The van der Waals surface area contributed by atoms with Gasteiger partial charge in [-0.25, -0.2) is 12.8 Å². The molecule has 0 saturated carbocycles. The van der Waals surface area contributed by atoms with Gasteiger partial charge in [0, 0.05) is 12.2 Å². The Bertz CT molecular complexity index is 823. The van der Waals surface area contributed by atoms with Crippen LogP contribution in [-0.4, -0.2) is 36.9 Å². The molecule has 2 aromatic rings. The first-order chi connectivity index (χ1) is 11.4. The molecule has 1 aliphatic rings. The van der Waals surface area contributed by atoms with Crippen LogP contribution >= 0.6 is 0 Å². The van der Waals surface area contributed by atoms with Crippen molar-refractivity contribution in [3.8, 4) is 0 Å². The lowest BCUT2D eigenvalue weighted by atomic mass is 9.93. The van der Waals surface area contributed by atoms with Gasteiger partial charge in [0.05, 0.1) is 17.2 Å². The highest BCUT2D eigenvalue weighted by Crippen LogP contribution is 2.24. The smallest absolute Gasteiger partial charge is 0.233 e. The molecule has 1 amide bonds. The first kappa shape index (κ1) is 16.6. The van der Waals surface area contributed by atoms with E-state index >= 15 is 0 Å². The van der Waals surface area contributed by atoms with Crippen molar-refractivity contribution in [1.29, 1.82) is 0 Å². The number of amides is 1. The molecule has 1 N–H and O–H groups in total. The zero-order valence-corrected chi connectivity index (χ0v) is 13.7. The average Bonchev–Trinajstić information content (AvgIpc) is 2.89. The molecule has 0 bridgehead atoms. The summed E-state index contributed by atoms with van der Waals surface area (Å²) >= 11 is 0. The normalized spacial score (nSPS) is 20.5. The lowest BCUT2D eigenvalue weighted by molar-refractivity contribution is -0.122. The Labute approximate surface area is 139 Å². The van der Waals surface area contributed by atoms with Crippen molar-refractivity contribution in [1.82, 2.24) is 10.3 Å². The van der Waals surface area contributed by atoms with Crippen LogP contribution < -0.4 is 5.32 Å². The fourth-order valence-corrected chi connectivity index (χ4v) is 4.53. The van der Waals surface area contributed by atoms with Crippen LogP contribution in [0.5, 0.6) is 0 Å². The van der Waals surface area contributed by atoms with Gasteiger partial charge in [-0.3, -0.25) is 9.78 Å². The van der Waals surface area contributed by atoms with Gasteiger partial charge in [-0.1, -0.05) is 18.2 Å². The number of hydrogen-bond acceptors (Lipinski definition) is 4. The summed E-state index contributed by atoms with van der Waals surface area (Å²) < 4.78 is 36.3. The molecule has 5 nitrogen and oxygen atoms in total. The van der Waals surface area contributed by atoms with E-state index in [-0.39, 0.29) is 23.2 Å². The van der Waals surface area contributed by atoms with E-state index in [0.29, 0.717) is 17.7 Å². The maximum Gasteiger partial charge on any atom is 0.233 e. The van der Waals surface area contributed by atoms with Crippen molar-refractivity contribution >= 4 is 15.7 Å². The van der Waals surface area contributed by atoms with Crippen molar-refractivity contribution in [2.75, 3.05) is 11.5 Å². The van der Waals surface area contributed by atoms with Crippen LogP contribution in [0.15, 0.2) is 48.7 Å². The quantitative estimate of drug-likeness (QED) is 0.912. The number of pyridine rings is 1. The van der Waals surface area contributed by atoms with Gasteiger partial charge >= 0.3 is 0 Å². The third-order valence-electron chi connectivity index (χ3n) is 4.03. The Morgan fingerprint density at radius 3 is 2.54 bits per heavy atom. The number of nitrogens with one attached hydrogen (secondary N) is 1. The van der Waals surface area contributed by atoms with E-state index in [2.05, 4.69) is 10.3 Å². The van der Waals surface area contributed by atoms with E-state index < -0.39 is 21.8 Å². The maximum absolute atomic E-state index is 13.2. The maximum atomic E-state index is 13.2.